The molecule has 1 N–H and O–H groups in total. The van der Waals surface area contributed by atoms with Crippen molar-refractivity contribution in [1.82, 2.24) is 20.0 Å². The smallest absolute Gasteiger partial charge is 0.338 e. The highest BCUT2D eigenvalue weighted by Crippen LogP contribution is 2.27. The summed E-state index contributed by atoms with van der Waals surface area (Å²) in [6, 6.07) is 6.55. The fraction of sp³-hybridized carbons (Fsp3) is 0.556. The summed E-state index contributed by atoms with van der Waals surface area (Å²) >= 11 is 0. The molecule has 0 saturated carbocycles. The van der Waals surface area contributed by atoms with E-state index in [2.05, 4.69) is 5.32 Å². The zero-order valence-electron chi connectivity index (χ0n) is 22.1. The van der Waals surface area contributed by atoms with Gasteiger partial charge in [-0.15, -0.1) is 0 Å². The number of carbonyl (C=O) groups is 3. The predicted molar refractivity (Wildman–Crippen MR) is 136 cm³/mol. The quantitative estimate of drug-likeness (QED) is 0.589. The first kappa shape index (κ1) is 27.4. The Hall–Kier alpha value is -3.20. The number of aromatic nitrogens is 2. The van der Waals surface area contributed by atoms with E-state index in [0.29, 0.717) is 56.0 Å². The topological polar surface area (TPSA) is 103 Å². The fourth-order valence-corrected chi connectivity index (χ4v) is 4.24. The first-order chi connectivity index (χ1) is 17.1. The maximum atomic E-state index is 13.0. The van der Waals surface area contributed by atoms with E-state index < -0.39 is 11.4 Å². The van der Waals surface area contributed by atoms with Crippen molar-refractivity contribution >= 4 is 17.8 Å². The molecule has 0 radical (unpaired) electrons. The number of amides is 2. The fourth-order valence-electron chi connectivity index (χ4n) is 4.24. The molecule has 9 nitrogen and oxygen atoms in total. The Balaban J connectivity index is 1.75. The lowest BCUT2D eigenvalue weighted by molar-refractivity contribution is 0.0339. The van der Waals surface area contributed by atoms with Crippen molar-refractivity contribution in [2.45, 2.75) is 53.0 Å². The standard InChI is InChI=1S/C27H38N4O5/c1-6-31-23-21(12-8-14-35-15-9-13-28-24(23)32)22(29-31)17-27(2,3)18-36-26(34)20-11-7-10-19(16-20)25(33)30(4)5/h7,10-11,16H,6,8-9,12-15,17-18H2,1-5H3,(H,28,32). The number of benzene rings is 1. The molecule has 2 amide bonds. The van der Waals surface area contributed by atoms with Crippen LogP contribution in [-0.4, -0.2) is 72.9 Å². The average molecular weight is 499 g/mol. The summed E-state index contributed by atoms with van der Waals surface area (Å²) in [5.74, 6) is -0.764. The third-order valence-electron chi connectivity index (χ3n) is 6.11. The Labute approximate surface area is 213 Å². The van der Waals surface area contributed by atoms with Crippen LogP contribution in [0.4, 0.5) is 0 Å². The van der Waals surface area contributed by atoms with Crippen LogP contribution in [0.5, 0.6) is 0 Å². The van der Waals surface area contributed by atoms with Gasteiger partial charge in [-0.25, -0.2) is 4.79 Å². The molecule has 0 aliphatic carbocycles. The molecule has 196 valence electrons. The minimum Gasteiger partial charge on any atom is -0.462 e. The number of hydrogen-bond acceptors (Lipinski definition) is 6. The van der Waals surface area contributed by atoms with Crippen molar-refractivity contribution in [2.24, 2.45) is 5.41 Å². The molecule has 1 aromatic heterocycles. The first-order valence-corrected chi connectivity index (χ1v) is 12.6. The molecule has 1 aliphatic heterocycles. The maximum Gasteiger partial charge on any atom is 0.338 e. The number of rotatable bonds is 7. The molecule has 1 aliphatic rings. The molecule has 9 heteroatoms. The molecule has 0 atom stereocenters. The van der Waals surface area contributed by atoms with Gasteiger partial charge in [0.2, 0.25) is 0 Å². The van der Waals surface area contributed by atoms with Gasteiger partial charge in [-0.3, -0.25) is 14.3 Å². The lowest BCUT2D eigenvalue weighted by Gasteiger charge is -2.24. The molecule has 0 saturated heterocycles. The van der Waals surface area contributed by atoms with Crippen LogP contribution in [0, 0.1) is 5.41 Å². The molecule has 0 spiro atoms. The van der Waals surface area contributed by atoms with Crippen molar-refractivity contribution in [3.63, 3.8) is 0 Å². The zero-order chi connectivity index (χ0) is 26.3. The third-order valence-corrected chi connectivity index (χ3v) is 6.11. The lowest BCUT2D eigenvalue weighted by atomic mass is 9.86. The molecule has 2 aromatic rings. The number of esters is 1. The van der Waals surface area contributed by atoms with Gasteiger partial charge < -0.3 is 19.7 Å². The number of aryl methyl sites for hydroxylation is 1. The van der Waals surface area contributed by atoms with E-state index in [1.54, 1.807) is 43.0 Å². The summed E-state index contributed by atoms with van der Waals surface area (Å²) in [5, 5.41) is 7.77. The summed E-state index contributed by atoms with van der Waals surface area (Å²) in [4.78, 5) is 39.4. The largest absolute Gasteiger partial charge is 0.462 e. The molecule has 36 heavy (non-hydrogen) atoms. The summed E-state index contributed by atoms with van der Waals surface area (Å²) in [5.41, 5.74) is 2.74. The second-order valence-electron chi connectivity index (χ2n) is 10.1. The number of fused-ring (bicyclic) bond motifs is 1. The van der Waals surface area contributed by atoms with E-state index in [1.165, 1.54) is 4.90 Å². The van der Waals surface area contributed by atoms with Crippen LogP contribution >= 0.6 is 0 Å². The van der Waals surface area contributed by atoms with Crippen LogP contribution in [0.1, 0.15) is 76.1 Å². The van der Waals surface area contributed by atoms with Gasteiger partial charge in [0, 0.05) is 63.4 Å². The molecule has 0 fully saturated rings. The molecule has 0 unspecified atom stereocenters. The molecular weight excluding hydrogens is 460 g/mol. The Bertz CT molecular complexity index is 1090. The van der Waals surface area contributed by atoms with Crippen LogP contribution in [0.2, 0.25) is 0 Å². The number of nitrogens with zero attached hydrogens (tertiary/aromatic N) is 3. The van der Waals surface area contributed by atoms with Gasteiger partial charge in [0.25, 0.3) is 11.8 Å². The van der Waals surface area contributed by atoms with E-state index in [9.17, 15) is 14.4 Å². The monoisotopic (exact) mass is 498 g/mol. The number of ether oxygens (including phenoxy) is 2. The van der Waals surface area contributed by atoms with Crippen LogP contribution in [0.15, 0.2) is 24.3 Å². The first-order valence-electron chi connectivity index (χ1n) is 12.6. The highest BCUT2D eigenvalue weighted by Gasteiger charge is 2.29. The summed E-state index contributed by atoms with van der Waals surface area (Å²) in [7, 11) is 3.33. The van der Waals surface area contributed by atoms with E-state index in [-0.39, 0.29) is 18.4 Å². The van der Waals surface area contributed by atoms with Gasteiger partial charge in [0.15, 0.2) is 0 Å². The van der Waals surface area contributed by atoms with Gasteiger partial charge in [-0.1, -0.05) is 19.9 Å². The zero-order valence-corrected chi connectivity index (χ0v) is 22.1. The van der Waals surface area contributed by atoms with Gasteiger partial charge in [-0.05, 0) is 44.4 Å². The number of nitrogens with one attached hydrogen (secondary N) is 1. The van der Waals surface area contributed by atoms with Crippen molar-refractivity contribution in [1.29, 1.82) is 0 Å². The highest BCUT2D eigenvalue weighted by atomic mass is 16.5. The molecular formula is C27H38N4O5. The third kappa shape index (κ3) is 6.94. The summed E-state index contributed by atoms with van der Waals surface area (Å²) in [6.45, 7) is 8.58. The van der Waals surface area contributed by atoms with E-state index in [4.69, 9.17) is 14.6 Å². The van der Waals surface area contributed by atoms with Crippen molar-refractivity contribution in [2.75, 3.05) is 40.5 Å². The van der Waals surface area contributed by atoms with Crippen LogP contribution in [0.3, 0.4) is 0 Å². The van der Waals surface area contributed by atoms with Gasteiger partial charge in [-0.2, -0.15) is 5.10 Å². The Morgan fingerprint density at radius 2 is 1.92 bits per heavy atom. The molecule has 2 heterocycles. The van der Waals surface area contributed by atoms with Crippen LogP contribution in [-0.2, 0) is 28.9 Å². The van der Waals surface area contributed by atoms with Gasteiger partial charge >= 0.3 is 5.97 Å². The SMILES string of the molecule is CCn1nc(CC(C)(C)COC(=O)c2cccc(C(=O)N(C)C)c2)c2c1C(=O)NCCCOCCC2. The van der Waals surface area contributed by atoms with Gasteiger partial charge in [0.1, 0.15) is 5.69 Å². The van der Waals surface area contributed by atoms with E-state index in [1.807, 2.05) is 20.8 Å². The minimum absolute atomic E-state index is 0.108. The minimum atomic E-state index is -0.480. The number of hydrogen-bond donors (Lipinski definition) is 1. The molecule has 3 rings (SSSR count). The summed E-state index contributed by atoms with van der Waals surface area (Å²) in [6.07, 6.45) is 2.82. The Morgan fingerprint density at radius 3 is 2.64 bits per heavy atom. The molecule has 0 bridgehead atoms. The predicted octanol–water partition coefficient (Wildman–Crippen LogP) is 3.11. The van der Waals surface area contributed by atoms with Gasteiger partial charge in [0.05, 0.1) is 17.9 Å². The highest BCUT2D eigenvalue weighted by molar-refractivity contribution is 5.97. The molecule has 1 aromatic carbocycles. The second-order valence-corrected chi connectivity index (χ2v) is 10.1. The van der Waals surface area contributed by atoms with Crippen molar-refractivity contribution in [3.05, 3.63) is 52.3 Å². The average Bonchev–Trinajstić information content (AvgIpc) is 3.17. The maximum absolute atomic E-state index is 13.0. The normalized spacial score (nSPS) is 14.9. The number of carbonyl (C=O) groups excluding carboxylic acids is 3. The van der Waals surface area contributed by atoms with Crippen molar-refractivity contribution in [3.8, 4) is 0 Å². The van der Waals surface area contributed by atoms with Crippen LogP contribution < -0.4 is 5.32 Å². The lowest BCUT2D eigenvalue weighted by Crippen LogP contribution is -2.28. The van der Waals surface area contributed by atoms with Crippen LogP contribution in [0.25, 0.3) is 0 Å². The second kappa shape index (κ2) is 12.2. The van der Waals surface area contributed by atoms with E-state index >= 15 is 0 Å². The van der Waals surface area contributed by atoms with E-state index in [0.717, 1.165) is 24.1 Å². The Morgan fingerprint density at radius 1 is 1.19 bits per heavy atom. The Kier molecular flexibility index (Phi) is 9.25. The summed E-state index contributed by atoms with van der Waals surface area (Å²) < 4.78 is 13.1. The van der Waals surface area contributed by atoms with Crippen molar-refractivity contribution < 1.29 is 23.9 Å².